The first kappa shape index (κ1) is 16.4. The minimum absolute atomic E-state index is 0.118. The normalized spacial score (nSPS) is 21.1. The molecule has 0 radical (unpaired) electrons. The molecule has 1 saturated heterocycles. The zero-order valence-electron chi connectivity index (χ0n) is 12.4. The van der Waals surface area contributed by atoms with Crippen molar-refractivity contribution in [1.29, 1.82) is 0 Å². The van der Waals surface area contributed by atoms with Gasteiger partial charge >= 0.3 is 0 Å². The molecule has 112 valence electrons. The third-order valence-electron chi connectivity index (χ3n) is 3.54. The third kappa shape index (κ3) is 5.89. The minimum atomic E-state index is -0.173. The van der Waals surface area contributed by atoms with E-state index in [-0.39, 0.29) is 18.1 Å². The zero-order valence-corrected chi connectivity index (χ0v) is 12.4. The molecule has 2 atom stereocenters. The Balaban J connectivity index is 2.25. The molecule has 19 heavy (non-hydrogen) atoms. The van der Waals surface area contributed by atoms with Crippen molar-refractivity contribution in [3.05, 3.63) is 0 Å². The smallest absolute Gasteiger partial charge is 0.225 e. The Labute approximate surface area is 116 Å². The molecule has 1 fully saturated rings. The molecule has 0 saturated carbocycles. The maximum atomic E-state index is 12.0. The molecule has 1 aliphatic rings. The van der Waals surface area contributed by atoms with E-state index in [0.717, 1.165) is 26.0 Å². The van der Waals surface area contributed by atoms with E-state index < -0.39 is 0 Å². The van der Waals surface area contributed by atoms with E-state index in [2.05, 4.69) is 13.8 Å². The number of methoxy groups -OCH3 is 1. The SMILES string of the molecule is COC(CN)CC(=O)N1CCC(OCCC(C)C)C1. The van der Waals surface area contributed by atoms with Gasteiger partial charge in [0.05, 0.1) is 18.6 Å². The van der Waals surface area contributed by atoms with Crippen LogP contribution in [-0.2, 0) is 14.3 Å². The van der Waals surface area contributed by atoms with Gasteiger partial charge in [0, 0.05) is 33.4 Å². The monoisotopic (exact) mass is 272 g/mol. The molecule has 1 amide bonds. The lowest BCUT2D eigenvalue weighted by Crippen LogP contribution is -2.35. The summed E-state index contributed by atoms with van der Waals surface area (Å²) < 4.78 is 10.9. The molecule has 2 unspecified atom stereocenters. The fourth-order valence-corrected chi connectivity index (χ4v) is 2.15. The summed E-state index contributed by atoms with van der Waals surface area (Å²) in [6.07, 6.45) is 2.40. The van der Waals surface area contributed by atoms with Gasteiger partial charge in [-0.2, -0.15) is 0 Å². The van der Waals surface area contributed by atoms with Crippen LogP contribution in [0.3, 0.4) is 0 Å². The van der Waals surface area contributed by atoms with Crippen molar-refractivity contribution in [2.24, 2.45) is 11.7 Å². The Hall–Kier alpha value is -0.650. The lowest BCUT2D eigenvalue weighted by molar-refractivity contribution is -0.133. The number of hydrogen-bond donors (Lipinski definition) is 1. The molecule has 0 spiro atoms. The molecular weight excluding hydrogens is 244 g/mol. The second-order valence-electron chi connectivity index (χ2n) is 5.60. The summed E-state index contributed by atoms with van der Waals surface area (Å²) in [6.45, 7) is 7.03. The summed E-state index contributed by atoms with van der Waals surface area (Å²) in [6, 6.07) is 0. The highest BCUT2D eigenvalue weighted by Crippen LogP contribution is 2.15. The lowest BCUT2D eigenvalue weighted by atomic mass is 10.1. The standard InChI is InChI=1S/C14H28N2O3/c1-11(2)5-7-19-12-4-6-16(10-12)14(17)8-13(9-15)18-3/h11-13H,4-10,15H2,1-3H3. The van der Waals surface area contributed by atoms with Gasteiger partial charge < -0.3 is 20.1 Å². The fraction of sp³-hybridized carbons (Fsp3) is 0.929. The topological polar surface area (TPSA) is 64.8 Å². The van der Waals surface area contributed by atoms with Crippen LogP contribution in [-0.4, -0.2) is 56.4 Å². The Morgan fingerprint density at radius 2 is 2.21 bits per heavy atom. The molecule has 1 heterocycles. The highest BCUT2D eigenvalue weighted by molar-refractivity contribution is 5.77. The van der Waals surface area contributed by atoms with Crippen molar-refractivity contribution in [1.82, 2.24) is 4.90 Å². The number of carbonyl (C=O) groups is 1. The average molecular weight is 272 g/mol. The van der Waals surface area contributed by atoms with E-state index in [1.807, 2.05) is 4.90 Å². The summed E-state index contributed by atoms with van der Waals surface area (Å²) in [4.78, 5) is 13.9. The second kappa shape index (κ2) is 8.51. The maximum absolute atomic E-state index is 12.0. The van der Waals surface area contributed by atoms with Crippen LogP contribution in [0.25, 0.3) is 0 Å². The first-order valence-electron chi connectivity index (χ1n) is 7.19. The van der Waals surface area contributed by atoms with E-state index in [0.29, 0.717) is 25.4 Å². The molecule has 0 bridgehead atoms. The van der Waals surface area contributed by atoms with Crippen LogP contribution in [0.2, 0.25) is 0 Å². The van der Waals surface area contributed by atoms with E-state index in [1.54, 1.807) is 7.11 Å². The summed E-state index contributed by atoms with van der Waals surface area (Å²) in [7, 11) is 1.59. The molecular formula is C14H28N2O3. The Morgan fingerprint density at radius 3 is 2.79 bits per heavy atom. The van der Waals surface area contributed by atoms with Crippen molar-refractivity contribution < 1.29 is 14.3 Å². The van der Waals surface area contributed by atoms with Crippen molar-refractivity contribution in [2.45, 2.75) is 45.3 Å². The first-order chi connectivity index (χ1) is 9.06. The maximum Gasteiger partial charge on any atom is 0.225 e. The van der Waals surface area contributed by atoms with Gasteiger partial charge in [-0.25, -0.2) is 0 Å². The van der Waals surface area contributed by atoms with Crippen LogP contribution >= 0.6 is 0 Å². The van der Waals surface area contributed by atoms with Crippen molar-refractivity contribution in [2.75, 3.05) is 33.4 Å². The second-order valence-corrected chi connectivity index (χ2v) is 5.60. The highest BCUT2D eigenvalue weighted by Gasteiger charge is 2.27. The van der Waals surface area contributed by atoms with Gasteiger partial charge in [-0.15, -0.1) is 0 Å². The lowest BCUT2D eigenvalue weighted by Gasteiger charge is -2.20. The van der Waals surface area contributed by atoms with E-state index >= 15 is 0 Å². The van der Waals surface area contributed by atoms with Crippen LogP contribution in [0.5, 0.6) is 0 Å². The van der Waals surface area contributed by atoms with Crippen LogP contribution in [0.4, 0.5) is 0 Å². The van der Waals surface area contributed by atoms with Crippen LogP contribution in [0.1, 0.15) is 33.1 Å². The van der Waals surface area contributed by atoms with E-state index in [9.17, 15) is 4.79 Å². The van der Waals surface area contributed by atoms with Gasteiger partial charge in [0.15, 0.2) is 0 Å². The molecule has 0 aliphatic carbocycles. The number of carbonyl (C=O) groups excluding carboxylic acids is 1. The fourth-order valence-electron chi connectivity index (χ4n) is 2.15. The van der Waals surface area contributed by atoms with Gasteiger partial charge in [0.1, 0.15) is 0 Å². The van der Waals surface area contributed by atoms with Gasteiger partial charge in [0.25, 0.3) is 0 Å². The van der Waals surface area contributed by atoms with Gasteiger partial charge in [-0.05, 0) is 18.8 Å². The molecule has 0 aromatic heterocycles. The molecule has 0 aromatic rings. The summed E-state index contributed by atoms with van der Waals surface area (Å²) >= 11 is 0. The Kier molecular flexibility index (Phi) is 7.34. The minimum Gasteiger partial charge on any atom is -0.380 e. The summed E-state index contributed by atoms with van der Waals surface area (Å²) in [5, 5.41) is 0. The number of ether oxygens (including phenoxy) is 2. The molecule has 1 rings (SSSR count). The first-order valence-corrected chi connectivity index (χ1v) is 7.19. The summed E-state index contributed by atoms with van der Waals surface area (Å²) in [5.41, 5.74) is 5.53. The van der Waals surface area contributed by atoms with Crippen LogP contribution < -0.4 is 5.73 Å². The molecule has 2 N–H and O–H groups in total. The highest BCUT2D eigenvalue weighted by atomic mass is 16.5. The number of likely N-dealkylation sites (tertiary alicyclic amines) is 1. The van der Waals surface area contributed by atoms with E-state index in [1.165, 1.54) is 0 Å². The van der Waals surface area contributed by atoms with Crippen molar-refractivity contribution in [3.63, 3.8) is 0 Å². The van der Waals surface area contributed by atoms with Crippen molar-refractivity contribution in [3.8, 4) is 0 Å². The van der Waals surface area contributed by atoms with Gasteiger partial charge in [-0.3, -0.25) is 4.79 Å². The van der Waals surface area contributed by atoms with Crippen LogP contribution in [0.15, 0.2) is 0 Å². The molecule has 5 heteroatoms. The zero-order chi connectivity index (χ0) is 14.3. The average Bonchev–Trinajstić information content (AvgIpc) is 2.84. The molecule has 5 nitrogen and oxygen atoms in total. The Morgan fingerprint density at radius 1 is 1.47 bits per heavy atom. The summed E-state index contributed by atoms with van der Waals surface area (Å²) in [5.74, 6) is 0.776. The number of hydrogen-bond acceptors (Lipinski definition) is 4. The molecule has 0 aromatic carbocycles. The van der Waals surface area contributed by atoms with Gasteiger partial charge in [0.2, 0.25) is 5.91 Å². The predicted octanol–water partition coefficient (Wildman–Crippen LogP) is 1.01. The number of amides is 1. The third-order valence-corrected chi connectivity index (χ3v) is 3.54. The quantitative estimate of drug-likeness (QED) is 0.716. The van der Waals surface area contributed by atoms with E-state index in [4.69, 9.17) is 15.2 Å². The van der Waals surface area contributed by atoms with Gasteiger partial charge in [-0.1, -0.05) is 13.8 Å². The van der Waals surface area contributed by atoms with Crippen LogP contribution in [0, 0.1) is 5.92 Å². The number of nitrogens with zero attached hydrogens (tertiary/aromatic N) is 1. The molecule has 1 aliphatic heterocycles. The number of rotatable bonds is 8. The largest absolute Gasteiger partial charge is 0.380 e. The Bertz CT molecular complexity index is 267. The predicted molar refractivity (Wildman–Crippen MR) is 74.9 cm³/mol. The van der Waals surface area contributed by atoms with Crippen molar-refractivity contribution >= 4 is 5.91 Å². The number of nitrogens with two attached hydrogens (primary N) is 1.